The van der Waals surface area contributed by atoms with Gasteiger partial charge in [0.25, 0.3) is 0 Å². The number of piperidine rings is 1. The summed E-state index contributed by atoms with van der Waals surface area (Å²) >= 11 is 0. The number of carbonyl (C=O) groups is 1. The summed E-state index contributed by atoms with van der Waals surface area (Å²) in [5.74, 6) is 1.08. The average Bonchev–Trinajstić information content (AvgIpc) is 2.74. The van der Waals surface area contributed by atoms with E-state index in [2.05, 4.69) is 58.5 Å². The maximum absolute atomic E-state index is 12.5. The Labute approximate surface area is 168 Å². The number of nitrogens with zero attached hydrogens (tertiary/aromatic N) is 3. The van der Waals surface area contributed by atoms with Crippen molar-refractivity contribution in [3.05, 3.63) is 42.0 Å². The predicted octanol–water partition coefficient (Wildman–Crippen LogP) is 4.36. The first-order valence-corrected chi connectivity index (χ1v) is 10.6. The minimum Gasteiger partial charge on any atom is -0.356 e. The van der Waals surface area contributed by atoms with Crippen molar-refractivity contribution in [2.24, 2.45) is 5.92 Å². The van der Waals surface area contributed by atoms with Crippen LogP contribution in [0.5, 0.6) is 0 Å². The van der Waals surface area contributed by atoms with Crippen LogP contribution in [0.25, 0.3) is 11.3 Å². The lowest BCUT2D eigenvalue weighted by Gasteiger charge is -2.32. The quantitative estimate of drug-likeness (QED) is 0.691. The Hall–Kier alpha value is -2.43. The molecule has 1 fully saturated rings. The Balaban J connectivity index is 1.55. The summed E-state index contributed by atoms with van der Waals surface area (Å²) in [5.41, 5.74) is 3.18. The molecular formula is C23H32N4O. The van der Waals surface area contributed by atoms with Crippen molar-refractivity contribution in [3.63, 3.8) is 0 Å². The van der Waals surface area contributed by atoms with Crippen LogP contribution in [-0.2, 0) is 4.79 Å². The number of hydrogen-bond acceptors (Lipinski definition) is 4. The highest BCUT2D eigenvalue weighted by Gasteiger charge is 2.26. The smallest absolute Gasteiger partial charge is 0.224 e. The molecule has 0 aliphatic carbocycles. The van der Waals surface area contributed by atoms with Crippen molar-refractivity contribution in [1.29, 1.82) is 0 Å². The van der Waals surface area contributed by atoms with E-state index < -0.39 is 0 Å². The van der Waals surface area contributed by atoms with Gasteiger partial charge < -0.3 is 10.2 Å². The van der Waals surface area contributed by atoms with Crippen molar-refractivity contribution in [2.45, 2.75) is 52.4 Å². The van der Waals surface area contributed by atoms with E-state index in [-0.39, 0.29) is 11.8 Å². The van der Waals surface area contributed by atoms with Crippen LogP contribution in [0.4, 0.5) is 5.82 Å². The third-order valence-electron chi connectivity index (χ3n) is 5.44. The molecular weight excluding hydrogens is 348 g/mol. The zero-order chi connectivity index (χ0) is 19.8. The van der Waals surface area contributed by atoms with Crippen LogP contribution in [0, 0.1) is 12.8 Å². The number of anilines is 1. The van der Waals surface area contributed by atoms with Gasteiger partial charge in [0, 0.05) is 25.2 Å². The van der Waals surface area contributed by atoms with Crippen LogP contribution < -0.4 is 10.2 Å². The summed E-state index contributed by atoms with van der Waals surface area (Å²) in [6, 6.07) is 12.3. The molecule has 0 unspecified atom stereocenters. The highest BCUT2D eigenvalue weighted by Crippen LogP contribution is 2.23. The molecule has 1 N–H and O–H groups in total. The van der Waals surface area contributed by atoms with Gasteiger partial charge in [-0.05, 0) is 38.3 Å². The summed E-state index contributed by atoms with van der Waals surface area (Å²) in [4.78, 5) is 14.7. The van der Waals surface area contributed by atoms with Gasteiger partial charge >= 0.3 is 0 Å². The van der Waals surface area contributed by atoms with Gasteiger partial charge in [-0.15, -0.1) is 10.2 Å². The minimum atomic E-state index is 0.0403. The average molecular weight is 381 g/mol. The molecule has 5 heteroatoms. The molecule has 2 heterocycles. The maximum atomic E-state index is 12.5. The number of aromatic nitrogens is 2. The number of nitrogens with one attached hydrogen (secondary N) is 1. The molecule has 1 aromatic carbocycles. The molecule has 1 aliphatic rings. The van der Waals surface area contributed by atoms with Gasteiger partial charge in [-0.2, -0.15) is 0 Å². The standard InChI is InChI=1S/C23H32N4O/c1-3-4-5-6-15-24-23(28)20-8-7-16-27(17-20)22-14-13-21(25-26-22)19-11-9-18(2)10-12-19/h9-14,20H,3-8,15-17H2,1-2H3,(H,24,28)/t20-/m0/s1. The van der Waals surface area contributed by atoms with Gasteiger partial charge in [-0.1, -0.05) is 56.0 Å². The van der Waals surface area contributed by atoms with Crippen LogP contribution in [0.15, 0.2) is 36.4 Å². The molecule has 2 aromatic rings. The second-order valence-corrected chi connectivity index (χ2v) is 7.78. The third-order valence-corrected chi connectivity index (χ3v) is 5.44. The molecule has 0 saturated carbocycles. The van der Waals surface area contributed by atoms with E-state index in [9.17, 15) is 4.79 Å². The molecule has 0 bridgehead atoms. The van der Waals surface area contributed by atoms with E-state index in [0.29, 0.717) is 0 Å². The van der Waals surface area contributed by atoms with E-state index in [1.165, 1.54) is 24.8 Å². The monoisotopic (exact) mass is 380 g/mol. The number of carbonyl (C=O) groups excluding carboxylic acids is 1. The Morgan fingerprint density at radius 2 is 1.93 bits per heavy atom. The first kappa shape index (κ1) is 20.3. The first-order valence-electron chi connectivity index (χ1n) is 10.6. The normalized spacial score (nSPS) is 16.8. The van der Waals surface area contributed by atoms with Crippen LogP contribution in [0.2, 0.25) is 0 Å². The lowest BCUT2D eigenvalue weighted by molar-refractivity contribution is -0.125. The highest BCUT2D eigenvalue weighted by molar-refractivity contribution is 5.79. The molecule has 0 radical (unpaired) electrons. The Bertz CT molecular complexity index is 742. The first-order chi connectivity index (χ1) is 13.7. The van der Waals surface area contributed by atoms with Gasteiger partial charge in [0.2, 0.25) is 5.91 Å². The molecule has 1 aromatic heterocycles. The third kappa shape index (κ3) is 5.54. The molecule has 1 amide bonds. The molecule has 3 rings (SSSR count). The fourth-order valence-electron chi connectivity index (χ4n) is 3.68. The Kier molecular flexibility index (Phi) is 7.40. The molecule has 1 atom stereocenters. The zero-order valence-corrected chi connectivity index (χ0v) is 17.2. The summed E-state index contributed by atoms with van der Waals surface area (Å²) in [5, 5.41) is 12.0. The molecule has 5 nitrogen and oxygen atoms in total. The number of hydrogen-bond donors (Lipinski definition) is 1. The van der Waals surface area contributed by atoms with E-state index >= 15 is 0 Å². The molecule has 1 saturated heterocycles. The number of unbranched alkanes of at least 4 members (excludes halogenated alkanes) is 3. The summed E-state index contributed by atoms with van der Waals surface area (Å²) in [7, 11) is 0. The topological polar surface area (TPSA) is 58.1 Å². The van der Waals surface area contributed by atoms with Crippen LogP contribution in [-0.4, -0.2) is 35.7 Å². The van der Waals surface area contributed by atoms with Crippen LogP contribution >= 0.6 is 0 Å². The SMILES string of the molecule is CCCCCCNC(=O)[C@H]1CCCN(c2ccc(-c3ccc(C)cc3)nn2)C1. The van der Waals surface area contributed by atoms with Gasteiger partial charge in [0.1, 0.15) is 0 Å². The fourth-order valence-corrected chi connectivity index (χ4v) is 3.68. The fraction of sp³-hybridized carbons (Fsp3) is 0.522. The lowest BCUT2D eigenvalue weighted by Crippen LogP contribution is -2.43. The number of amides is 1. The molecule has 1 aliphatic heterocycles. The molecule has 150 valence electrons. The van der Waals surface area contributed by atoms with Gasteiger partial charge in [0.05, 0.1) is 11.6 Å². The second kappa shape index (κ2) is 10.2. The maximum Gasteiger partial charge on any atom is 0.224 e. The van der Waals surface area contributed by atoms with Gasteiger partial charge in [0.15, 0.2) is 5.82 Å². The Morgan fingerprint density at radius 3 is 2.64 bits per heavy atom. The highest BCUT2D eigenvalue weighted by atomic mass is 16.1. The molecule has 28 heavy (non-hydrogen) atoms. The summed E-state index contributed by atoms with van der Waals surface area (Å²) in [6.45, 7) is 6.72. The van der Waals surface area contributed by atoms with Crippen molar-refractivity contribution in [3.8, 4) is 11.3 Å². The van der Waals surface area contributed by atoms with Crippen molar-refractivity contribution in [2.75, 3.05) is 24.5 Å². The van der Waals surface area contributed by atoms with E-state index in [1.807, 2.05) is 12.1 Å². The van der Waals surface area contributed by atoms with Crippen molar-refractivity contribution >= 4 is 11.7 Å². The summed E-state index contributed by atoms with van der Waals surface area (Å²) in [6.07, 6.45) is 6.68. The predicted molar refractivity (Wildman–Crippen MR) is 114 cm³/mol. The number of aryl methyl sites for hydroxylation is 1. The zero-order valence-electron chi connectivity index (χ0n) is 17.2. The van der Waals surface area contributed by atoms with Gasteiger partial charge in [-0.3, -0.25) is 4.79 Å². The summed E-state index contributed by atoms with van der Waals surface area (Å²) < 4.78 is 0. The van der Waals surface area contributed by atoms with Crippen LogP contribution in [0.3, 0.4) is 0 Å². The second-order valence-electron chi connectivity index (χ2n) is 7.78. The van der Waals surface area contributed by atoms with E-state index in [1.54, 1.807) is 0 Å². The minimum absolute atomic E-state index is 0.0403. The number of benzene rings is 1. The van der Waals surface area contributed by atoms with Gasteiger partial charge in [-0.25, -0.2) is 0 Å². The number of rotatable bonds is 8. The van der Waals surface area contributed by atoms with Crippen molar-refractivity contribution < 1.29 is 4.79 Å². The van der Waals surface area contributed by atoms with E-state index in [0.717, 1.165) is 56.0 Å². The van der Waals surface area contributed by atoms with Crippen LogP contribution in [0.1, 0.15) is 51.0 Å². The molecule has 0 spiro atoms. The van der Waals surface area contributed by atoms with Crippen molar-refractivity contribution in [1.82, 2.24) is 15.5 Å². The Morgan fingerprint density at radius 1 is 1.11 bits per heavy atom. The largest absolute Gasteiger partial charge is 0.356 e. The lowest BCUT2D eigenvalue weighted by atomic mass is 9.97. The van der Waals surface area contributed by atoms with E-state index in [4.69, 9.17) is 0 Å².